The molecule has 0 spiro atoms. The van der Waals surface area contributed by atoms with Crippen LogP contribution in [-0.4, -0.2) is 16.3 Å². The Morgan fingerprint density at radius 3 is 2.48 bits per heavy atom. The van der Waals surface area contributed by atoms with E-state index in [0.717, 1.165) is 21.1 Å². The van der Waals surface area contributed by atoms with E-state index in [2.05, 4.69) is 31.9 Å². The van der Waals surface area contributed by atoms with Gasteiger partial charge in [0.05, 0.1) is 15.1 Å². The Kier molecular flexibility index (Phi) is 4.61. The van der Waals surface area contributed by atoms with Crippen LogP contribution in [-0.2, 0) is 4.79 Å². The number of imide groups is 1. The lowest BCUT2D eigenvalue weighted by molar-refractivity contribution is -0.113. The van der Waals surface area contributed by atoms with E-state index < -0.39 is 5.91 Å². The summed E-state index contributed by atoms with van der Waals surface area (Å²) in [5.41, 5.74) is 0.975. The first kappa shape index (κ1) is 16.3. The van der Waals surface area contributed by atoms with Crippen LogP contribution in [0.5, 0.6) is 5.75 Å². The number of benzene rings is 2. The molecule has 1 fully saturated rings. The third-order valence-corrected chi connectivity index (χ3v) is 5.08. The maximum absolute atomic E-state index is 12.5. The third kappa shape index (κ3) is 3.22. The van der Waals surface area contributed by atoms with Gasteiger partial charge in [0.2, 0.25) is 0 Å². The highest BCUT2D eigenvalue weighted by Crippen LogP contribution is 2.38. The number of carbonyl (C=O) groups excluding carboxylic acids is 2. The summed E-state index contributed by atoms with van der Waals surface area (Å²) in [5, 5.41) is 9.73. The highest BCUT2D eigenvalue weighted by Gasteiger charge is 2.36. The molecule has 0 unspecified atom stereocenters. The van der Waals surface area contributed by atoms with Crippen molar-refractivity contribution in [3.63, 3.8) is 0 Å². The van der Waals surface area contributed by atoms with Crippen molar-refractivity contribution < 1.29 is 14.7 Å². The molecule has 3 rings (SSSR count). The van der Waals surface area contributed by atoms with E-state index in [0.29, 0.717) is 15.7 Å². The van der Waals surface area contributed by atoms with E-state index >= 15 is 0 Å². The second kappa shape index (κ2) is 6.51. The molecule has 2 aromatic carbocycles. The zero-order valence-corrected chi connectivity index (χ0v) is 15.5. The van der Waals surface area contributed by atoms with E-state index in [1.807, 2.05) is 6.07 Å². The van der Waals surface area contributed by atoms with Crippen molar-refractivity contribution in [3.8, 4) is 5.75 Å². The van der Waals surface area contributed by atoms with Gasteiger partial charge < -0.3 is 5.11 Å². The van der Waals surface area contributed by atoms with E-state index in [1.54, 1.807) is 36.4 Å². The van der Waals surface area contributed by atoms with Gasteiger partial charge in [-0.2, -0.15) is 0 Å². The van der Waals surface area contributed by atoms with Crippen molar-refractivity contribution >= 4 is 66.5 Å². The molecule has 0 saturated carbocycles. The Hall–Kier alpha value is -1.57. The Labute approximate surface area is 153 Å². The quantitative estimate of drug-likeness (QED) is 0.637. The number of hydrogen-bond donors (Lipinski definition) is 1. The number of rotatable bonds is 2. The maximum atomic E-state index is 12.5. The van der Waals surface area contributed by atoms with Crippen molar-refractivity contribution in [3.05, 3.63) is 61.9 Å². The van der Waals surface area contributed by atoms with E-state index in [9.17, 15) is 14.7 Å². The predicted molar refractivity (Wildman–Crippen MR) is 98.4 cm³/mol. The first-order valence-electron chi connectivity index (χ1n) is 6.48. The molecule has 0 radical (unpaired) electrons. The van der Waals surface area contributed by atoms with Crippen LogP contribution in [0, 0.1) is 0 Å². The molecule has 116 valence electrons. The molecule has 0 atom stereocenters. The van der Waals surface area contributed by atoms with Gasteiger partial charge in [-0.05, 0) is 58.0 Å². The minimum atomic E-state index is -0.401. The van der Waals surface area contributed by atoms with Crippen LogP contribution >= 0.6 is 43.6 Å². The zero-order chi connectivity index (χ0) is 16.6. The molecule has 4 nitrogen and oxygen atoms in total. The van der Waals surface area contributed by atoms with Gasteiger partial charge in [-0.3, -0.25) is 9.59 Å². The van der Waals surface area contributed by atoms with Crippen LogP contribution in [0.15, 0.2) is 56.3 Å². The summed E-state index contributed by atoms with van der Waals surface area (Å²) in [7, 11) is 0. The Bertz CT molecular complexity index is 837. The summed E-state index contributed by atoms with van der Waals surface area (Å²) in [4.78, 5) is 26.1. The summed E-state index contributed by atoms with van der Waals surface area (Å²) >= 11 is 7.42. The van der Waals surface area contributed by atoms with E-state index in [-0.39, 0.29) is 15.9 Å². The number of halogens is 2. The van der Waals surface area contributed by atoms with Gasteiger partial charge in [0, 0.05) is 10.0 Å². The third-order valence-electron chi connectivity index (χ3n) is 3.15. The minimum absolute atomic E-state index is 0.0136. The first-order chi connectivity index (χ1) is 11.0. The molecule has 7 heteroatoms. The number of phenols is 1. The average molecular weight is 455 g/mol. The summed E-state index contributed by atoms with van der Waals surface area (Å²) < 4.78 is 1.25. The molecule has 2 amide bonds. The van der Waals surface area contributed by atoms with Gasteiger partial charge in [-0.25, -0.2) is 4.90 Å². The molecule has 0 bridgehead atoms. The number of hydrogen-bond acceptors (Lipinski definition) is 4. The smallest absolute Gasteiger partial charge is 0.298 e. The minimum Gasteiger partial charge on any atom is -0.506 e. The van der Waals surface area contributed by atoms with Crippen LogP contribution in [0.2, 0.25) is 0 Å². The first-order valence-corrected chi connectivity index (χ1v) is 8.88. The Morgan fingerprint density at radius 1 is 1.09 bits per heavy atom. The van der Waals surface area contributed by atoms with Crippen LogP contribution in [0.25, 0.3) is 6.08 Å². The van der Waals surface area contributed by atoms with Gasteiger partial charge in [0.15, 0.2) is 0 Å². The lowest BCUT2D eigenvalue weighted by Gasteiger charge is -2.11. The number of para-hydroxylation sites is 1. The van der Waals surface area contributed by atoms with E-state index in [4.69, 9.17) is 0 Å². The molecule has 0 aromatic heterocycles. The summed E-state index contributed by atoms with van der Waals surface area (Å²) in [6.45, 7) is 0. The number of carbonyl (C=O) groups is 2. The van der Waals surface area contributed by atoms with E-state index in [1.165, 1.54) is 6.08 Å². The number of nitrogens with zero attached hydrogens (tertiary/aromatic N) is 1. The maximum Gasteiger partial charge on any atom is 0.298 e. The monoisotopic (exact) mass is 453 g/mol. The lowest BCUT2D eigenvalue weighted by Crippen LogP contribution is -2.27. The normalized spacial score (nSPS) is 16.4. The van der Waals surface area contributed by atoms with Crippen LogP contribution in [0.3, 0.4) is 0 Å². The molecule has 1 N–H and O–H groups in total. The van der Waals surface area contributed by atoms with Gasteiger partial charge in [0.1, 0.15) is 5.75 Å². The molecule has 23 heavy (non-hydrogen) atoms. The van der Waals surface area contributed by atoms with Crippen molar-refractivity contribution in [1.82, 2.24) is 0 Å². The molecule has 1 saturated heterocycles. The summed E-state index contributed by atoms with van der Waals surface area (Å²) in [6, 6.07) is 12.1. The average Bonchev–Trinajstić information content (AvgIpc) is 2.79. The number of thioether (sulfide) groups is 1. The Morgan fingerprint density at radius 2 is 1.78 bits per heavy atom. The highest BCUT2D eigenvalue weighted by atomic mass is 79.9. The number of anilines is 1. The van der Waals surface area contributed by atoms with Gasteiger partial charge in [0.25, 0.3) is 11.1 Å². The van der Waals surface area contributed by atoms with Gasteiger partial charge >= 0.3 is 0 Å². The fraction of sp³-hybridized carbons (Fsp3) is 0. The number of amides is 2. The molecule has 1 heterocycles. The lowest BCUT2D eigenvalue weighted by atomic mass is 10.2. The molecule has 1 aliphatic rings. The van der Waals surface area contributed by atoms with Gasteiger partial charge in [-0.1, -0.05) is 34.1 Å². The highest BCUT2D eigenvalue weighted by molar-refractivity contribution is 9.11. The molecule has 0 aliphatic carbocycles. The van der Waals surface area contributed by atoms with Crippen molar-refractivity contribution in [2.24, 2.45) is 0 Å². The fourth-order valence-electron chi connectivity index (χ4n) is 2.10. The molecular formula is C16H9Br2NO3S. The van der Waals surface area contributed by atoms with Crippen molar-refractivity contribution in [1.29, 1.82) is 0 Å². The fourth-order valence-corrected chi connectivity index (χ4v) is 4.20. The Balaban J connectivity index is 2.00. The van der Waals surface area contributed by atoms with Crippen LogP contribution in [0.1, 0.15) is 5.56 Å². The SMILES string of the molecule is O=C1S/C(=C\c2cc(Br)cc(Br)c2O)C(=O)N1c1ccccc1. The van der Waals surface area contributed by atoms with Crippen LogP contribution < -0.4 is 4.90 Å². The standard InChI is InChI=1S/C16H9Br2NO3S/c17-10-6-9(14(20)12(18)8-10)7-13-15(21)19(16(22)23-13)11-4-2-1-3-5-11/h1-8,20H/b13-7-. The van der Waals surface area contributed by atoms with Crippen molar-refractivity contribution in [2.75, 3.05) is 4.90 Å². The second-order valence-corrected chi connectivity index (χ2v) is 7.44. The molecule has 2 aromatic rings. The second-order valence-electron chi connectivity index (χ2n) is 4.68. The van der Waals surface area contributed by atoms with Crippen LogP contribution in [0.4, 0.5) is 10.5 Å². The number of phenolic OH excluding ortho intramolecular Hbond substituents is 1. The number of aromatic hydroxyl groups is 1. The zero-order valence-electron chi connectivity index (χ0n) is 11.5. The van der Waals surface area contributed by atoms with Crippen molar-refractivity contribution in [2.45, 2.75) is 0 Å². The van der Waals surface area contributed by atoms with Gasteiger partial charge in [-0.15, -0.1) is 0 Å². The molecule has 1 aliphatic heterocycles. The predicted octanol–water partition coefficient (Wildman–Crippen LogP) is 5.16. The largest absolute Gasteiger partial charge is 0.506 e. The summed E-state index contributed by atoms with van der Waals surface area (Å²) in [6.07, 6.45) is 1.51. The topological polar surface area (TPSA) is 57.6 Å². The summed E-state index contributed by atoms with van der Waals surface area (Å²) in [5.74, 6) is -0.388. The molecular weight excluding hydrogens is 446 g/mol.